The van der Waals surface area contributed by atoms with Crippen molar-refractivity contribution in [3.8, 4) is 24.0 Å². The number of hydrogen-bond donors (Lipinski definition) is 0. The van der Waals surface area contributed by atoms with Gasteiger partial charge in [0.1, 0.15) is 11.5 Å². The molecule has 0 saturated carbocycles. The first kappa shape index (κ1) is 18.4. The van der Waals surface area contributed by atoms with E-state index in [1.54, 1.807) is 12.5 Å². The van der Waals surface area contributed by atoms with Crippen molar-refractivity contribution in [1.29, 1.82) is 10.5 Å². The zero-order valence-corrected chi connectivity index (χ0v) is 14.4. The number of benzene rings is 2. The molecule has 0 saturated heterocycles. The van der Waals surface area contributed by atoms with Gasteiger partial charge in [-0.05, 0) is 41.8 Å². The van der Waals surface area contributed by atoms with Crippen molar-refractivity contribution in [2.45, 2.75) is 44.9 Å². The van der Waals surface area contributed by atoms with Gasteiger partial charge in [-0.1, -0.05) is 56.9 Å². The fourth-order valence-corrected chi connectivity index (χ4v) is 2.94. The highest BCUT2D eigenvalue weighted by Gasteiger charge is 2.14. The van der Waals surface area contributed by atoms with Crippen LogP contribution >= 0.6 is 0 Å². The summed E-state index contributed by atoms with van der Waals surface area (Å²) in [5.41, 5.74) is 2.38. The summed E-state index contributed by atoms with van der Waals surface area (Å²) in [5.74, 6) is 1.37. The number of unbranched alkanes of at least 4 members (excludes halogenated alkanes) is 3. The summed E-state index contributed by atoms with van der Waals surface area (Å²) in [7, 11) is 0. The number of rotatable bonds is 9. The van der Waals surface area contributed by atoms with Crippen LogP contribution in [0.1, 0.15) is 56.1 Å². The van der Waals surface area contributed by atoms with Crippen LogP contribution in [0.5, 0.6) is 11.5 Å². The van der Waals surface area contributed by atoms with E-state index in [1.165, 1.54) is 30.4 Å². The summed E-state index contributed by atoms with van der Waals surface area (Å²) in [4.78, 5) is 0. The second kappa shape index (κ2) is 10.0. The quantitative estimate of drug-likeness (QED) is 0.448. The molecule has 2 rings (SSSR count). The Bertz CT molecular complexity index is 665. The summed E-state index contributed by atoms with van der Waals surface area (Å²) >= 11 is 0. The van der Waals surface area contributed by atoms with Crippen molar-refractivity contribution in [3.63, 3.8) is 0 Å². The van der Waals surface area contributed by atoms with Crippen molar-refractivity contribution in [3.05, 3.63) is 59.7 Å². The fraction of sp³-hybridized carbons (Fsp3) is 0.333. The average Bonchev–Trinajstić information content (AvgIpc) is 2.64. The van der Waals surface area contributed by atoms with Crippen molar-refractivity contribution < 1.29 is 9.47 Å². The minimum Gasteiger partial charge on any atom is -0.388 e. The van der Waals surface area contributed by atoms with Gasteiger partial charge in [0.2, 0.25) is 0 Å². The van der Waals surface area contributed by atoms with Gasteiger partial charge in [0, 0.05) is 5.92 Å². The van der Waals surface area contributed by atoms with Crippen molar-refractivity contribution in [2.75, 3.05) is 0 Å². The molecule has 0 radical (unpaired) electrons. The molecule has 0 aromatic heterocycles. The molecule has 0 spiro atoms. The smallest absolute Gasteiger partial charge is 0.292 e. The topological polar surface area (TPSA) is 66.0 Å². The van der Waals surface area contributed by atoms with E-state index in [9.17, 15) is 0 Å². The molecule has 0 aliphatic carbocycles. The Kier molecular flexibility index (Phi) is 7.35. The van der Waals surface area contributed by atoms with Gasteiger partial charge in [-0.3, -0.25) is 0 Å². The highest BCUT2D eigenvalue weighted by Crippen LogP contribution is 2.32. The summed E-state index contributed by atoms with van der Waals surface area (Å²) in [6.45, 7) is 2.21. The lowest BCUT2D eigenvalue weighted by atomic mass is 9.86. The molecule has 128 valence electrons. The summed E-state index contributed by atoms with van der Waals surface area (Å²) in [5, 5.41) is 17.2. The Morgan fingerprint density at radius 3 is 1.64 bits per heavy atom. The number of nitriles is 2. The van der Waals surface area contributed by atoms with Crippen LogP contribution in [0.4, 0.5) is 0 Å². The molecule has 0 aliphatic rings. The summed E-state index contributed by atoms with van der Waals surface area (Å²) < 4.78 is 9.72. The van der Waals surface area contributed by atoms with Gasteiger partial charge in [-0.2, -0.15) is 0 Å². The van der Waals surface area contributed by atoms with Crippen molar-refractivity contribution >= 4 is 0 Å². The maximum atomic E-state index is 8.61. The molecule has 0 heterocycles. The SMILES string of the molecule is CCCCCCC(c1ccc(OC#N)cc1)c1ccc(OC#N)cc1. The summed E-state index contributed by atoms with van der Waals surface area (Å²) in [6, 6.07) is 15.3. The molecular weight excluding hydrogens is 312 g/mol. The van der Waals surface area contributed by atoms with E-state index < -0.39 is 0 Å². The highest BCUT2D eigenvalue weighted by atomic mass is 16.5. The van der Waals surface area contributed by atoms with E-state index in [2.05, 4.69) is 6.92 Å². The van der Waals surface area contributed by atoms with Crippen molar-refractivity contribution in [1.82, 2.24) is 0 Å². The molecule has 0 aliphatic heterocycles. The van der Waals surface area contributed by atoms with Crippen LogP contribution < -0.4 is 9.47 Å². The Labute approximate surface area is 149 Å². The van der Waals surface area contributed by atoms with E-state index in [0.29, 0.717) is 11.5 Å². The predicted octanol–water partition coefficient (Wildman–Crippen LogP) is 5.51. The van der Waals surface area contributed by atoms with Crippen LogP contribution in [0.3, 0.4) is 0 Å². The lowest BCUT2D eigenvalue weighted by Crippen LogP contribution is -2.02. The average molecular weight is 334 g/mol. The second-order valence-electron chi connectivity index (χ2n) is 5.93. The van der Waals surface area contributed by atoms with Crippen LogP contribution in [0.25, 0.3) is 0 Å². The predicted molar refractivity (Wildman–Crippen MR) is 96.0 cm³/mol. The Morgan fingerprint density at radius 2 is 1.24 bits per heavy atom. The standard InChI is InChI=1S/C21H22N2O2/c1-2-3-4-5-6-21(17-7-11-19(12-8-17)24-15-22)18-9-13-20(14-10-18)25-16-23/h7-14,21H,2-6H2,1H3. The lowest BCUT2D eigenvalue weighted by molar-refractivity contribution is 0.506. The molecule has 2 aromatic carbocycles. The van der Waals surface area contributed by atoms with E-state index in [1.807, 2.05) is 48.5 Å². The molecule has 0 amide bonds. The molecule has 0 bridgehead atoms. The van der Waals surface area contributed by atoms with Gasteiger partial charge in [0.25, 0.3) is 12.5 Å². The zero-order chi connectivity index (χ0) is 17.9. The number of nitrogens with zero attached hydrogens (tertiary/aromatic N) is 2. The first-order valence-electron chi connectivity index (χ1n) is 8.60. The Hall–Kier alpha value is -2.98. The van der Waals surface area contributed by atoms with Gasteiger partial charge in [-0.25, -0.2) is 0 Å². The molecular formula is C21H22N2O2. The number of ether oxygens (including phenoxy) is 2. The van der Waals surface area contributed by atoms with Crippen LogP contribution in [0, 0.1) is 23.0 Å². The molecule has 4 heteroatoms. The molecule has 4 nitrogen and oxygen atoms in total. The monoisotopic (exact) mass is 334 g/mol. The largest absolute Gasteiger partial charge is 0.388 e. The third-order valence-electron chi connectivity index (χ3n) is 4.24. The van der Waals surface area contributed by atoms with Crippen LogP contribution in [-0.4, -0.2) is 0 Å². The van der Waals surface area contributed by atoms with Gasteiger partial charge in [-0.15, -0.1) is 10.5 Å². The molecule has 0 fully saturated rings. The third kappa shape index (κ3) is 5.55. The van der Waals surface area contributed by atoms with Crippen LogP contribution in [-0.2, 0) is 0 Å². The van der Waals surface area contributed by atoms with Gasteiger partial charge in [0.15, 0.2) is 0 Å². The van der Waals surface area contributed by atoms with Crippen molar-refractivity contribution in [2.24, 2.45) is 0 Å². The maximum Gasteiger partial charge on any atom is 0.292 e. The minimum atomic E-state index is 0.268. The van der Waals surface area contributed by atoms with E-state index in [-0.39, 0.29) is 5.92 Å². The lowest BCUT2D eigenvalue weighted by Gasteiger charge is -2.18. The van der Waals surface area contributed by atoms with Crippen LogP contribution in [0.15, 0.2) is 48.5 Å². The molecule has 0 atom stereocenters. The third-order valence-corrected chi connectivity index (χ3v) is 4.24. The van der Waals surface area contributed by atoms with Gasteiger partial charge >= 0.3 is 0 Å². The molecule has 2 aromatic rings. The Balaban J connectivity index is 2.19. The zero-order valence-electron chi connectivity index (χ0n) is 14.4. The number of hydrogen-bond acceptors (Lipinski definition) is 4. The first-order chi connectivity index (χ1) is 12.3. The van der Waals surface area contributed by atoms with E-state index in [4.69, 9.17) is 20.0 Å². The van der Waals surface area contributed by atoms with E-state index in [0.717, 1.165) is 12.8 Å². The first-order valence-corrected chi connectivity index (χ1v) is 8.60. The van der Waals surface area contributed by atoms with E-state index >= 15 is 0 Å². The van der Waals surface area contributed by atoms with Gasteiger partial charge in [0.05, 0.1) is 0 Å². The fourth-order valence-electron chi connectivity index (χ4n) is 2.94. The van der Waals surface area contributed by atoms with Crippen LogP contribution in [0.2, 0.25) is 0 Å². The molecule has 0 unspecified atom stereocenters. The Morgan fingerprint density at radius 1 is 0.760 bits per heavy atom. The highest BCUT2D eigenvalue weighted by molar-refractivity contribution is 5.38. The molecule has 25 heavy (non-hydrogen) atoms. The second-order valence-corrected chi connectivity index (χ2v) is 5.93. The van der Waals surface area contributed by atoms with Gasteiger partial charge < -0.3 is 9.47 Å². The minimum absolute atomic E-state index is 0.268. The normalized spacial score (nSPS) is 10.1. The molecule has 0 N–H and O–H groups in total. The summed E-state index contributed by atoms with van der Waals surface area (Å²) in [6.07, 6.45) is 9.27. The maximum absolute atomic E-state index is 8.61.